The molecule has 1 fully saturated rings. The average Bonchev–Trinajstić information content (AvgIpc) is 2.90. The van der Waals surface area contributed by atoms with Crippen molar-refractivity contribution in [1.82, 2.24) is 9.97 Å². The van der Waals surface area contributed by atoms with Gasteiger partial charge >= 0.3 is 5.97 Å². The van der Waals surface area contributed by atoms with Crippen molar-refractivity contribution >= 4 is 11.9 Å². The fourth-order valence-electron chi connectivity index (χ4n) is 1.77. The first-order valence-corrected chi connectivity index (χ1v) is 6.15. The Balaban J connectivity index is 1.91. The molecule has 1 unspecified atom stereocenters. The molecule has 0 saturated carbocycles. The van der Waals surface area contributed by atoms with Crippen LogP contribution in [-0.2, 0) is 9.47 Å². The fourth-order valence-corrected chi connectivity index (χ4v) is 1.77. The number of carbonyl (C=O) groups excluding carboxylic acids is 1. The first-order valence-electron chi connectivity index (χ1n) is 6.15. The predicted molar refractivity (Wildman–Crippen MR) is 65.5 cm³/mol. The summed E-state index contributed by atoms with van der Waals surface area (Å²) in [5.41, 5.74) is 0.265. The minimum absolute atomic E-state index is 0.208. The highest BCUT2D eigenvalue weighted by Gasteiger charge is 2.16. The molecule has 1 aliphatic rings. The van der Waals surface area contributed by atoms with Gasteiger partial charge in [0.15, 0.2) is 5.69 Å². The lowest BCUT2D eigenvalue weighted by molar-refractivity contribution is 0.0519. The Labute approximate surface area is 106 Å². The van der Waals surface area contributed by atoms with Gasteiger partial charge in [0.2, 0.25) is 5.95 Å². The molecule has 0 aliphatic carbocycles. The fraction of sp³-hybridized carbons (Fsp3) is 0.583. The molecule has 6 heteroatoms. The Hall–Kier alpha value is -1.69. The summed E-state index contributed by atoms with van der Waals surface area (Å²) in [6.07, 6.45) is 3.89. The normalized spacial score (nSPS) is 18.6. The lowest BCUT2D eigenvalue weighted by Gasteiger charge is -2.10. The van der Waals surface area contributed by atoms with Gasteiger partial charge in [-0.15, -0.1) is 0 Å². The molecule has 1 aromatic heterocycles. The Bertz CT molecular complexity index is 405. The highest BCUT2D eigenvalue weighted by Crippen LogP contribution is 2.12. The topological polar surface area (TPSA) is 73.3 Å². The van der Waals surface area contributed by atoms with E-state index in [1.54, 1.807) is 6.92 Å². The molecule has 0 radical (unpaired) electrons. The van der Waals surface area contributed by atoms with Crippen molar-refractivity contribution in [2.75, 3.05) is 25.1 Å². The summed E-state index contributed by atoms with van der Waals surface area (Å²) in [4.78, 5) is 19.6. The van der Waals surface area contributed by atoms with Crippen molar-refractivity contribution in [3.63, 3.8) is 0 Å². The van der Waals surface area contributed by atoms with Crippen molar-refractivity contribution in [2.24, 2.45) is 0 Å². The quantitative estimate of drug-likeness (QED) is 0.794. The second-order valence-corrected chi connectivity index (χ2v) is 4.00. The van der Waals surface area contributed by atoms with Crippen molar-refractivity contribution < 1.29 is 14.3 Å². The molecule has 0 spiro atoms. The summed E-state index contributed by atoms with van der Waals surface area (Å²) < 4.78 is 10.4. The van der Waals surface area contributed by atoms with Crippen LogP contribution in [-0.4, -0.2) is 41.8 Å². The maximum atomic E-state index is 11.5. The SMILES string of the molecule is CCOC(=O)c1ccnc(NCC2CCCO2)n1. The molecule has 1 aliphatic heterocycles. The van der Waals surface area contributed by atoms with E-state index in [4.69, 9.17) is 9.47 Å². The van der Waals surface area contributed by atoms with Crippen LogP contribution in [0, 0.1) is 0 Å². The molecule has 1 N–H and O–H groups in total. The average molecular weight is 251 g/mol. The van der Waals surface area contributed by atoms with Crippen molar-refractivity contribution in [2.45, 2.75) is 25.9 Å². The van der Waals surface area contributed by atoms with Gasteiger partial charge in [-0.3, -0.25) is 0 Å². The lowest BCUT2D eigenvalue weighted by Crippen LogP contribution is -2.20. The number of anilines is 1. The Morgan fingerprint density at radius 1 is 1.67 bits per heavy atom. The second-order valence-electron chi connectivity index (χ2n) is 4.00. The van der Waals surface area contributed by atoms with Gasteiger partial charge in [0.25, 0.3) is 0 Å². The summed E-state index contributed by atoms with van der Waals surface area (Å²) in [5, 5.41) is 3.07. The van der Waals surface area contributed by atoms with Crippen LogP contribution in [0.2, 0.25) is 0 Å². The van der Waals surface area contributed by atoms with Gasteiger partial charge in [0.05, 0.1) is 12.7 Å². The third-order valence-electron chi connectivity index (χ3n) is 2.65. The number of hydrogen-bond acceptors (Lipinski definition) is 6. The minimum atomic E-state index is -0.430. The summed E-state index contributed by atoms with van der Waals surface area (Å²) in [7, 11) is 0. The molecule has 0 bridgehead atoms. The van der Waals surface area contributed by atoms with Crippen molar-refractivity contribution in [1.29, 1.82) is 0 Å². The second kappa shape index (κ2) is 6.30. The van der Waals surface area contributed by atoms with Crippen LogP contribution in [0.15, 0.2) is 12.3 Å². The lowest BCUT2D eigenvalue weighted by atomic mass is 10.2. The van der Waals surface area contributed by atoms with E-state index in [1.165, 1.54) is 12.3 Å². The van der Waals surface area contributed by atoms with Crippen molar-refractivity contribution in [3.05, 3.63) is 18.0 Å². The van der Waals surface area contributed by atoms with E-state index in [-0.39, 0.29) is 11.8 Å². The summed E-state index contributed by atoms with van der Waals surface area (Å²) in [5.74, 6) is -0.00359. The van der Waals surface area contributed by atoms with Gasteiger partial charge in [0, 0.05) is 19.3 Å². The number of ether oxygens (including phenoxy) is 2. The zero-order valence-corrected chi connectivity index (χ0v) is 10.4. The molecule has 0 aromatic carbocycles. The molecule has 6 nitrogen and oxygen atoms in total. The van der Waals surface area contributed by atoms with Crippen LogP contribution in [0.25, 0.3) is 0 Å². The molecule has 98 valence electrons. The van der Waals surface area contributed by atoms with Gasteiger partial charge in [-0.2, -0.15) is 0 Å². The van der Waals surface area contributed by atoms with E-state index < -0.39 is 5.97 Å². The first kappa shape index (κ1) is 12.8. The standard InChI is InChI=1S/C12H17N3O3/c1-2-17-11(16)10-5-6-13-12(15-10)14-8-9-4-3-7-18-9/h5-6,9H,2-4,7-8H2,1H3,(H,13,14,15). The largest absolute Gasteiger partial charge is 0.461 e. The van der Waals surface area contributed by atoms with E-state index in [2.05, 4.69) is 15.3 Å². The Kier molecular flexibility index (Phi) is 4.46. The molecule has 1 saturated heterocycles. The van der Waals surface area contributed by atoms with E-state index in [1.807, 2.05) is 0 Å². The van der Waals surface area contributed by atoms with Gasteiger partial charge in [-0.25, -0.2) is 14.8 Å². The number of rotatable bonds is 5. The third kappa shape index (κ3) is 3.40. The highest BCUT2D eigenvalue weighted by atomic mass is 16.5. The van der Waals surface area contributed by atoms with Crippen LogP contribution >= 0.6 is 0 Å². The number of nitrogens with zero attached hydrogens (tertiary/aromatic N) is 2. The van der Waals surface area contributed by atoms with Crippen LogP contribution in [0.4, 0.5) is 5.95 Å². The van der Waals surface area contributed by atoms with Crippen LogP contribution < -0.4 is 5.32 Å². The third-order valence-corrected chi connectivity index (χ3v) is 2.65. The van der Waals surface area contributed by atoms with Gasteiger partial charge < -0.3 is 14.8 Å². The zero-order valence-electron chi connectivity index (χ0n) is 10.4. The number of hydrogen-bond donors (Lipinski definition) is 1. The van der Waals surface area contributed by atoms with Crippen LogP contribution in [0.5, 0.6) is 0 Å². The van der Waals surface area contributed by atoms with Gasteiger partial charge in [-0.05, 0) is 25.8 Å². The summed E-state index contributed by atoms with van der Waals surface area (Å²) >= 11 is 0. The van der Waals surface area contributed by atoms with Crippen molar-refractivity contribution in [3.8, 4) is 0 Å². The van der Waals surface area contributed by atoms with E-state index >= 15 is 0 Å². The summed E-state index contributed by atoms with van der Waals surface area (Å²) in [6, 6.07) is 1.54. The molecule has 0 amide bonds. The Morgan fingerprint density at radius 3 is 3.28 bits per heavy atom. The van der Waals surface area contributed by atoms with Crippen LogP contribution in [0.1, 0.15) is 30.3 Å². The van der Waals surface area contributed by atoms with Crippen LogP contribution in [0.3, 0.4) is 0 Å². The maximum absolute atomic E-state index is 11.5. The molecule has 1 atom stereocenters. The molecular formula is C12H17N3O3. The molecular weight excluding hydrogens is 234 g/mol. The maximum Gasteiger partial charge on any atom is 0.357 e. The smallest absolute Gasteiger partial charge is 0.357 e. The molecule has 2 heterocycles. The molecule has 1 aromatic rings. The van der Waals surface area contributed by atoms with Gasteiger partial charge in [-0.1, -0.05) is 0 Å². The highest BCUT2D eigenvalue weighted by molar-refractivity contribution is 5.87. The number of nitrogens with one attached hydrogen (secondary N) is 1. The monoisotopic (exact) mass is 251 g/mol. The van der Waals surface area contributed by atoms with E-state index in [9.17, 15) is 4.79 Å². The summed E-state index contributed by atoms with van der Waals surface area (Å²) in [6.45, 7) is 3.57. The van der Waals surface area contributed by atoms with E-state index in [0.717, 1.165) is 19.4 Å². The minimum Gasteiger partial charge on any atom is -0.461 e. The van der Waals surface area contributed by atoms with Gasteiger partial charge in [0.1, 0.15) is 0 Å². The first-order chi connectivity index (χ1) is 8.79. The van der Waals surface area contributed by atoms with E-state index in [0.29, 0.717) is 19.1 Å². The number of esters is 1. The predicted octanol–water partition coefficient (Wildman–Crippen LogP) is 1.24. The number of aromatic nitrogens is 2. The number of carbonyl (C=O) groups is 1. The molecule has 2 rings (SSSR count). The molecule has 18 heavy (non-hydrogen) atoms. The zero-order chi connectivity index (χ0) is 12.8. The Morgan fingerprint density at radius 2 is 2.56 bits per heavy atom.